The van der Waals surface area contributed by atoms with Gasteiger partial charge >= 0.3 is 0 Å². The normalized spacial score (nSPS) is 12.1. The van der Waals surface area contributed by atoms with Crippen LogP contribution >= 0.6 is 15.9 Å². The van der Waals surface area contributed by atoms with E-state index in [2.05, 4.69) is 72.8 Å². The van der Waals surface area contributed by atoms with Gasteiger partial charge < -0.3 is 0 Å². The Morgan fingerprint density at radius 3 is 2.17 bits per heavy atom. The van der Waals surface area contributed by atoms with Gasteiger partial charge in [-0.2, -0.15) is 0 Å². The third-order valence-corrected chi connectivity index (χ3v) is 3.84. The molecule has 1 nitrogen and oxygen atoms in total. The minimum atomic E-state index is 0.249. The van der Waals surface area contributed by atoms with Crippen LogP contribution < -0.4 is 0 Å². The largest absolute Gasteiger partial charge is 0.299 e. The molecule has 0 radical (unpaired) electrons. The van der Waals surface area contributed by atoms with Crippen LogP contribution in [0.1, 0.15) is 45.2 Å². The van der Waals surface area contributed by atoms with E-state index in [1.54, 1.807) is 0 Å². The van der Waals surface area contributed by atoms with Crippen molar-refractivity contribution in [2.45, 2.75) is 46.1 Å². The predicted molar refractivity (Wildman–Crippen MR) is 84.5 cm³/mol. The third kappa shape index (κ3) is 5.11. The fraction of sp³-hybridized carbons (Fsp3) is 0.625. The molecule has 0 aromatic heterocycles. The van der Waals surface area contributed by atoms with Gasteiger partial charge in [0.1, 0.15) is 0 Å². The summed E-state index contributed by atoms with van der Waals surface area (Å²) in [7, 11) is 0. The highest BCUT2D eigenvalue weighted by Crippen LogP contribution is 2.22. The Balaban J connectivity index is 2.62. The van der Waals surface area contributed by atoms with Gasteiger partial charge in [0.05, 0.1) is 0 Å². The predicted octanol–water partition coefficient (Wildman–Crippen LogP) is 4.59. The molecule has 2 heteroatoms. The highest BCUT2D eigenvalue weighted by atomic mass is 79.9. The van der Waals surface area contributed by atoms with Gasteiger partial charge in [0.2, 0.25) is 0 Å². The van der Waals surface area contributed by atoms with Crippen LogP contribution in [0.4, 0.5) is 0 Å². The molecule has 0 spiro atoms. The van der Waals surface area contributed by atoms with Crippen LogP contribution in [-0.4, -0.2) is 23.3 Å². The number of alkyl halides is 1. The second-order valence-corrected chi connectivity index (χ2v) is 6.65. The van der Waals surface area contributed by atoms with E-state index in [-0.39, 0.29) is 5.41 Å². The van der Waals surface area contributed by atoms with Gasteiger partial charge in [-0.3, -0.25) is 4.90 Å². The molecule has 0 aliphatic heterocycles. The number of benzene rings is 1. The molecule has 0 unspecified atom stereocenters. The Labute approximate surface area is 121 Å². The third-order valence-electron chi connectivity index (χ3n) is 3.28. The van der Waals surface area contributed by atoms with Crippen LogP contribution in [0.2, 0.25) is 0 Å². The fourth-order valence-electron chi connectivity index (χ4n) is 2.00. The lowest BCUT2D eigenvalue weighted by Gasteiger charge is -2.22. The molecule has 0 saturated carbocycles. The molecule has 0 heterocycles. The average molecular weight is 312 g/mol. The number of hydrogen-bond donors (Lipinski definition) is 0. The van der Waals surface area contributed by atoms with Gasteiger partial charge in [0.25, 0.3) is 0 Å². The van der Waals surface area contributed by atoms with E-state index in [4.69, 9.17) is 0 Å². The van der Waals surface area contributed by atoms with Crippen LogP contribution in [0.5, 0.6) is 0 Å². The van der Waals surface area contributed by atoms with Crippen molar-refractivity contribution in [2.75, 3.05) is 18.4 Å². The Bertz CT molecular complexity index is 337. The van der Waals surface area contributed by atoms with E-state index in [9.17, 15) is 0 Å². The summed E-state index contributed by atoms with van der Waals surface area (Å²) in [4.78, 5) is 2.49. The first kappa shape index (κ1) is 15.7. The molecule has 0 saturated heterocycles. The molecule has 0 bridgehead atoms. The average Bonchev–Trinajstić information content (AvgIpc) is 2.34. The van der Waals surface area contributed by atoms with Crippen LogP contribution in [0.25, 0.3) is 0 Å². The first-order valence-electron chi connectivity index (χ1n) is 6.85. The molecule has 0 aliphatic carbocycles. The van der Waals surface area contributed by atoms with Crippen molar-refractivity contribution < 1.29 is 0 Å². The van der Waals surface area contributed by atoms with Crippen molar-refractivity contribution in [3.63, 3.8) is 0 Å². The molecule has 0 amide bonds. The second-order valence-electron chi connectivity index (χ2n) is 5.86. The highest BCUT2D eigenvalue weighted by molar-refractivity contribution is 9.09. The van der Waals surface area contributed by atoms with Crippen molar-refractivity contribution in [2.24, 2.45) is 0 Å². The fourth-order valence-corrected chi connectivity index (χ4v) is 2.25. The summed E-state index contributed by atoms with van der Waals surface area (Å²) in [6, 6.07) is 9.09. The molecular formula is C16H26BrN. The number of rotatable bonds is 6. The summed E-state index contributed by atoms with van der Waals surface area (Å²) in [5.74, 6) is 0. The summed E-state index contributed by atoms with van der Waals surface area (Å²) in [6.45, 7) is 12.4. The lowest BCUT2D eigenvalue weighted by molar-refractivity contribution is 0.281. The smallest absolute Gasteiger partial charge is 0.0233 e. The molecule has 0 aliphatic rings. The monoisotopic (exact) mass is 311 g/mol. The van der Waals surface area contributed by atoms with E-state index in [0.717, 1.165) is 18.4 Å². The maximum atomic E-state index is 3.50. The SMILES string of the molecule is CCN(CCCBr)Cc1ccc(C(C)(C)C)cc1. The quantitative estimate of drug-likeness (QED) is 0.694. The summed E-state index contributed by atoms with van der Waals surface area (Å²) >= 11 is 3.50. The van der Waals surface area contributed by atoms with Gasteiger partial charge in [-0.15, -0.1) is 0 Å². The minimum absolute atomic E-state index is 0.249. The standard InChI is InChI=1S/C16H26BrN/c1-5-18(12-6-11-17)13-14-7-9-15(10-8-14)16(2,3)4/h7-10H,5-6,11-13H2,1-4H3. The van der Waals surface area contributed by atoms with Crippen LogP contribution in [0, 0.1) is 0 Å². The van der Waals surface area contributed by atoms with Crippen molar-refractivity contribution in [3.05, 3.63) is 35.4 Å². The van der Waals surface area contributed by atoms with Crippen molar-refractivity contribution in [1.82, 2.24) is 4.90 Å². The second kappa shape index (κ2) is 7.30. The zero-order chi connectivity index (χ0) is 13.6. The lowest BCUT2D eigenvalue weighted by Crippen LogP contribution is -2.24. The highest BCUT2D eigenvalue weighted by Gasteiger charge is 2.13. The van der Waals surface area contributed by atoms with Crippen LogP contribution in [0.3, 0.4) is 0 Å². The number of hydrogen-bond acceptors (Lipinski definition) is 1. The molecule has 0 N–H and O–H groups in total. The van der Waals surface area contributed by atoms with E-state index >= 15 is 0 Å². The van der Waals surface area contributed by atoms with Crippen molar-refractivity contribution >= 4 is 15.9 Å². The van der Waals surface area contributed by atoms with Crippen molar-refractivity contribution in [3.8, 4) is 0 Å². The first-order chi connectivity index (χ1) is 8.47. The van der Waals surface area contributed by atoms with E-state index in [0.29, 0.717) is 0 Å². The lowest BCUT2D eigenvalue weighted by atomic mass is 9.87. The molecule has 1 aromatic rings. The van der Waals surface area contributed by atoms with Crippen LogP contribution in [-0.2, 0) is 12.0 Å². The molecule has 18 heavy (non-hydrogen) atoms. The topological polar surface area (TPSA) is 3.24 Å². The minimum Gasteiger partial charge on any atom is -0.299 e. The molecule has 0 atom stereocenters. The number of halogens is 1. The van der Waals surface area contributed by atoms with Crippen molar-refractivity contribution in [1.29, 1.82) is 0 Å². The summed E-state index contributed by atoms with van der Waals surface area (Å²) < 4.78 is 0. The molecule has 102 valence electrons. The van der Waals surface area contributed by atoms with Gasteiger partial charge in [-0.1, -0.05) is 67.9 Å². The maximum Gasteiger partial charge on any atom is 0.0233 e. The van der Waals surface area contributed by atoms with E-state index in [1.165, 1.54) is 24.1 Å². The zero-order valence-electron chi connectivity index (χ0n) is 12.2. The summed E-state index contributed by atoms with van der Waals surface area (Å²) in [6.07, 6.45) is 1.22. The Hall–Kier alpha value is -0.340. The van der Waals surface area contributed by atoms with Gasteiger partial charge in [0, 0.05) is 11.9 Å². The van der Waals surface area contributed by atoms with Gasteiger partial charge in [-0.05, 0) is 36.1 Å². The van der Waals surface area contributed by atoms with Gasteiger partial charge in [-0.25, -0.2) is 0 Å². The maximum absolute atomic E-state index is 3.50. The van der Waals surface area contributed by atoms with E-state index < -0.39 is 0 Å². The molecule has 1 rings (SSSR count). The summed E-state index contributed by atoms with van der Waals surface area (Å²) in [5, 5.41) is 1.09. The Kier molecular flexibility index (Phi) is 6.37. The molecule has 0 fully saturated rings. The van der Waals surface area contributed by atoms with Gasteiger partial charge in [0.15, 0.2) is 0 Å². The first-order valence-corrected chi connectivity index (χ1v) is 7.97. The zero-order valence-corrected chi connectivity index (χ0v) is 13.8. The Morgan fingerprint density at radius 1 is 1.11 bits per heavy atom. The Morgan fingerprint density at radius 2 is 1.72 bits per heavy atom. The summed E-state index contributed by atoms with van der Waals surface area (Å²) in [5.41, 5.74) is 3.08. The molecular weight excluding hydrogens is 286 g/mol. The number of nitrogens with zero attached hydrogens (tertiary/aromatic N) is 1. The van der Waals surface area contributed by atoms with Crippen LogP contribution in [0.15, 0.2) is 24.3 Å². The molecule has 1 aromatic carbocycles. The van der Waals surface area contributed by atoms with E-state index in [1.807, 2.05) is 0 Å².